The van der Waals surface area contributed by atoms with Gasteiger partial charge >= 0.3 is 0 Å². The van der Waals surface area contributed by atoms with Gasteiger partial charge in [0.05, 0.1) is 31.9 Å². The molecule has 9 heteroatoms. The van der Waals surface area contributed by atoms with E-state index in [1.54, 1.807) is 22.1 Å². The van der Waals surface area contributed by atoms with Gasteiger partial charge in [-0.15, -0.1) is 0 Å². The number of morpholine rings is 1. The van der Waals surface area contributed by atoms with Gasteiger partial charge in [-0.05, 0) is 12.1 Å². The second-order valence-electron chi connectivity index (χ2n) is 6.89. The summed E-state index contributed by atoms with van der Waals surface area (Å²) in [5.74, 6) is 1.74. The third-order valence-electron chi connectivity index (χ3n) is 5.04. The van der Waals surface area contributed by atoms with Crippen LogP contribution in [0.2, 0.25) is 0 Å². The van der Waals surface area contributed by atoms with Crippen molar-refractivity contribution in [1.82, 2.24) is 25.0 Å². The summed E-state index contributed by atoms with van der Waals surface area (Å²) in [6, 6.07) is 3.62. The number of nitrogens with one attached hydrogen (secondary N) is 1. The number of aromatic amines is 1. The van der Waals surface area contributed by atoms with E-state index >= 15 is 0 Å². The van der Waals surface area contributed by atoms with Crippen molar-refractivity contribution in [2.45, 2.75) is 32.4 Å². The van der Waals surface area contributed by atoms with Crippen molar-refractivity contribution in [3.05, 3.63) is 35.8 Å². The summed E-state index contributed by atoms with van der Waals surface area (Å²) < 4.78 is 11.1. The maximum atomic E-state index is 13.0. The number of ether oxygens (including phenoxy) is 1. The Bertz CT molecular complexity index is 803. The van der Waals surface area contributed by atoms with Crippen LogP contribution in [0.3, 0.4) is 0 Å². The zero-order chi connectivity index (χ0) is 18.8. The number of furan rings is 1. The molecule has 0 radical (unpaired) electrons. The molecule has 0 bridgehead atoms. The fraction of sp³-hybridized carbons (Fsp3) is 0.556. The minimum Gasteiger partial charge on any atom is -0.467 e. The molecule has 0 aliphatic carbocycles. The number of rotatable bonds is 5. The van der Waals surface area contributed by atoms with Crippen molar-refractivity contribution in [3.63, 3.8) is 0 Å². The fourth-order valence-corrected chi connectivity index (χ4v) is 3.56. The Morgan fingerprint density at radius 2 is 2.30 bits per heavy atom. The maximum absolute atomic E-state index is 13.0. The molecular formula is C18H23N5O4. The fourth-order valence-electron chi connectivity index (χ4n) is 3.56. The van der Waals surface area contributed by atoms with Crippen LogP contribution >= 0.6 is 0 Å². The van der Waals surface area contributed by atoms with Crippen LogP contribution in [-0.2, 0) is 27.3 Å². The van der Waals surface area contributed by atoms with E-state index in [1.165, 1.54) is 0 Å². The van der Waals surface area contributed by atoms with E-state index in [0.717, 1.165) is 18.0 Å². The lowest BCUT2D eigenvalue weighted by molar-refractivity contribution is -0.143. The van der Waals surface area contributed by atoms with Crippen LogP contribution in [0.25, 0.3) is 0 Å². The molecule has 2 aromatic rings. The Labute approximate surface area is 156 Å². The SMILES string of the molecule is CCc1nc(C2CN(C(=O)C3CC(=O)N(Cc4ccco4)C3)CCO2)n[nH]1. The molecule has 144 valence electrons. The van der Waals surface area contributed by atoms with Crippen LogP contribution < -0.4 is 0 Å². The van der Waals surface area contributed by atoms with Crippen LogP contribution in [0, 0.1) is 5.92 Å². The lowest BCUT2D eigenvalue weighted by Crippen LogP contribution is -2.45. The van der Waals surface area contributed by atoms with Crippen LogP contribution in [-0.4, -0.2) is 63.0 Å². The van der Waals surface area contributed by atoms with Crippen LogP contribution in [0.5, 0.6) is 0 Å². The Kier molecular flexibility index (Phi) is 4.93. The normalized spacial score (nSPS) is 23.2. The molecule has 2 aliphatic rings. The summed E-state index contributed by atoms with van der Waals surface area (Å²) in [5.41, 5.74) is 0. The number of nitrogens with zero attached hydrogens (tertiary/aromatic N) is 4. The highest BCUT2D eigenvalue weighted by atomic mass is 16.5. The van der Waals surface area contributed by atoms with Crippen LogP contribution in [0.1, 0.15) is 36.9 Å². The van der Waals surface area contributed by atoms with E-state index in [1.807, 2.05) is 13.0 Å². The number of aromatic nitrogens is 3. The Morgan fingerprint density at radius 3 is 3.04 bits per heavy atom. The Morgan fingerprint density at radius 1 is 1.41 bits per heavy atom. The second-order valence-corrected chi connectivity index (χ2v) is 6.89. The van der Waals surface area contributed by atoms with Gasteiger partial charge in [-0.3, -0.25) is 14.7 Å². The summed E-state index contributed by atoms with van der Waals surface area (Å²) in [6.45, 7) is 4.17. The van der Waals surface area contributed by atoms with Crippen LogP contribution in [0.4, 0.5) is 0 Å². The van der Waals surface area contributed by atoms with E-state index in [-0.39, 0.29) is 30.3 Å². The van der Waals surface area contributed by atoms with E-state index in [9.17, 15) is 9.59 Å². The molecule has 2 amide bonds. The summed E-state index contributed by atoms with van der Waals surface area (Å²) >= 11 is 0. The molecule has 2 unspecified atom stereocenters. The van der Waals surface area contributed by atoms with Gasteiger partial charge in [-0.2, -0.15) is 5.10 Å². The highest BCUT2D eigenvalue weighted by Gasteiger charge is 2.38. The molecule has 2 saturated heterocycles. The molecule has 4 heterocycles. The molecule has 0 spiro atoms. The average molecular weight is 373 g/mol. The molecular weight excluding hydrogens is 350 g/mol. The van der Waals surface area contributed by atoms with Gasteiger partial charge in [-0.1, -0.05) is 6.92 Å². The molecule has 2 atom stereocenters. The van der Waals surface area contributed by atoms with E-state index < -0.39 is 0 Å². The first-order valence-corrected chi connectivity index (χ1v) is 9.25. The average Bonchev–Trinajstić information content (AvgIpc) is 3.43. The highest BCUT2D eigenvalue weighted by molar-refractivity contribution is 5.89. The Hall–Kier alpha value is -2.68. The quantitative estimate of drug-likeness (QED) is 0.835. The monoisotopic (exact) mass is 373 g/mol. The van der Waals surface area contributed by atoms with E-state index in [4.69, 9.17) is 9.15 Å². The number of amides is 2. The molecule has 0 saturated carbocycles. The number of carbonyl (C=O) groups is 2. The number of hydrogen-bond acceptors (Lipinski definition) is 6. The third kappa shape index (κ3) is 3.73. The molecule has 4 rings (SSSR count). The van der Waals surface area contributed by atoms with Gasteiger partial charge < -0.3 is 19.0 Å². The molecule has 0 aromatic carbocycles. The molecule has 1 N–H and O–H groups in total. The van der Waals surface area contributed by atoms with Crippen molar-refractivity contribution >= 4 is 11.8 Å². The number of carbonyl (C=O) groups excluding carboxylic acids is 2. The zero-order valence-electron chi connectivity index (χ0n) is 15.3. The summed E-state index contributed by atoms with van der Waals surface area (Å²) in [7, 11) is 0. The minimum absolute atomic E-state index is 0.00940. The molecule has 2 aliphatic heterocycles. The standard InChI is InChI=1S/C18H23N5O4/c1-2-15-19-17(21-20-15)14-11-22(5-7-27-14)18(25)12-8-16(24)23(9-12)10-13-4-3-6-26-13/h3-4,6,12,14H,2,5,7-11H2,1H3,(H,19,20,21). The van der Waals surface area contributed by atoms with Crippen molar-refractivity contribution in [2.75, 3.05) is 26.2 Å². The van der Waals surface area contributed by atoms with E-state index in [0.29, 0.717) is 38.6 Å². The number of aryl methyl sites for hydroxylation is 1. The summed E-state index contributed by atoms with van der Waals surface area (Å²) in [6.07, 6.45) is 2.25. The van der Waals surface area contributed by atoms with Crippen LogP contribution in [0.15, 0.2) is 22.8 Å². The maximum Gasteiger partial charge on any atom is 0.228 e. The van der Waals surface area contributed by atoms with Gasteiger partial charge in [0.2, 0.25) is 11.8 Å². The molecule has 2 aromatic heterocycles. The zero-order valence-corrected chi connectivity index (χ0v) is 15.3. The smallest absolute Gasteiger partial charge is 0.228 e. The van der Waals surface area contributed by atoms with Crippen molar-refractivity contribution in [3.8, 4) is 0 Å². The first kappa shape index (κ1) is 17.7. The van der Waals surface area contributed by atoms with Gasteiger partial charge in [0.1, 0.15) is 17.7 Å². The summed E-state index contributed by atoms with van der Waals surface area (Å²) in [5, 5.41) is 7.08. The molecule has 9 nitrogen and oxygen atoms in total. The number of likely N-dealkylation sites (tertiary alicyclic amines) is 1. The van der Waals surface area contributed by atoms with E-state index in [2.05, 4.69) is 15.2 Å². The van der Waals surface area contributed by atoms with Crippen molar-refractivity contribution < 1.29 is 18.7 Å². The lowest BCUT2D eigenvalue weighted by Gasteiger charge is -2.33. The highest BCUT2D eigenvalue weighted by Crippen LogP contribution is 2.25. The van der Waals surface area contributed by atoms with Gasteiger partial charge in [0.15, 0.2) is 5.82 Å². The largest absolute Gasteiger partial charge is 0.467 e. The predicted molar refractivity (Wildman–Crippen MR) is 93.3 cm³/mol. The number of hydrogen-bond donors (Lipinski definition) is 1. The van der Waals surface area contributed by atoms with Gasteiger partial charge in [0, 0.05) is 25.9 Å². The van der Waals surface area contributed by atoms with Crippen molar-refractivity contribution in [1.29, 1.82) is 0 Å². The van der Waals surface area contributed by atoms with Gasteiger partial charge in [-0.25, -0.2) is 4.98 Å². The third-order valence-corrected chi connectivity index (χ3v) is 5.04. The minimum atomic E-state index is -0.337. The summed E-state index contributed by atoms with van der Waals surface area (Å²) in [4.78, 5) is 33.1. The molecule has 27 heavy (non-hydrogen) atoms. The topological polar surface area (TPSA) is 105 Å². The predicted octanol–water partition coefficient (Wildman–Crippen LogP) is 0.909. The first-order chi connectivity index (χ1) is 13.1. The lowest BCUT2D eigenvalue weighted by atomic mass is 10.1. The number of H-pyrrole nitrogens is 1. The first-order valence-electron chi connectivity index (χ1n) is 9.25. The van der Waals surface area contributed by atoms with Gasteiger partial charge in [0.25, 0.3) is 0 Å². The second kappa shape index (κ2) is 7.51. The molecule has 2 fully saturated rings. The Balaban J connectivity index is 1.38. The van der Waals surface area contributed by atoms with Crippen molar-refractivity contribution in [2.24, 2.45) is 5.92 Å².